The van der Waals surface area contributed by atoms with Crippen molar-refractivity contribution in [2.45, 2.75) is 10.9 Å². The Labute approximate surface area is 146 Å². The maximum absolute atomic E-state index is 13.6. The van der Waals surface area contributed by atoms with E-state index in [1.807, 2.05) is 19.0 Å². The minimum atomic E-state index is -1.44. The van der Waals surface area contributed by atoms with Crippen molar-refractivity contribution in [3.63, 3.8) is 0 Å². The third kappa shape index (κ3) is 2.93. The normalized spacial score (nSPS) is 14.0. The van der Waals surface area contributed by atoms with E-state index < -0.39 is 10.8 Å². The van der Waals surface area contributed by atoms with Crippen LogP contribution < -0.4 is 14.4 Å². The van der Waals surface area contributed by atoms with Crippen molar-refractivity contribution in [2.75, 3.05) is 25.8 Å². The number of nitrogens with zero attached hydrogens (tertiary/aromatic N) is 2. The van der Waals surface area contributed by atoms with Gasteiger partial charge in [0.15, 0.2) is 16.7 Å². The van der Waals surface area contributed by atoms with Crippen LogP contribution in [0.4, 0.5) is 10.1 Å². The molecule has 2 aromatic carbocycles. The van der Waals surface area contributed by atoms with Crippen LogP contribution in [0, 0.1) is 5.82 Å². The Morgan fingerprint density at radius 1 is 1.24 bits per heavy atom. The molecular formula is C17H16FN3O3S. The van der Waals surface area contributed by atoms with Crippen molar-refractivity contribution in [3.8, 4) is 11.5 Å². The molecule has 0 saturated heterocycles. The number of halogens is 1. The van der Waals surface area contributed by atoms with Crippen LogP contribution >= 0.6 is 0 Å². The van der Waals surface area contributed by atoms with Crippen molar-refractivity contribution >= 4 is 27.5 Å². The van der Waals surface area contributed by atoms with Gasteiger partial charge in [-0.2, -0.15) is 0 Å². The van der Waals surface area contributed by atoms with Crippen LogP contribution in [0.2, 0.25) is 0 Å². The van der Waals surface area contributed by atoms with Crippen molar-refractivity contribution in [3.05, 3.63) is 41.7 Å². The number of imidazole rings is 1. The van der Waals surface area contributed by atoms with Gasteiger partial charge in [-0.3, -0.25) is 4.21 Å². The fourth-order valence-corrected chi connectivity index (χ4v) is 3.87. The molecule has 1 aliphatic heterocycles. The van der Waals surface area contributed by atoms with Crippen molar-refractivity contribution in [2.24, 2.45) is 0 Å². The molecule has 2 heterocycles. The fourth-order valence-electron chi connectivity index (χ4n) is 2.80. The summed E-state index contributed by atoms with van der Waals surface area (Å²) in [6, 6.07) is 8.01. The summed E-state index contributed by atoms with van der Waals surface area (Å²) in [4.78, 5) is 9.30. The number of H-pyrrole nitrogens is 1. The summed E-state index contributed by atoms with van der Waals surface area (Å²) in [7, 11) is 2.29. The zero-order valence-electron chi connectivity index (χ0n) is 13.7. The van der Waals surface area contributed by atoms with E-state index in [4.69, 9.17) is 9.47 Å². The van der Waals surface area contributed by atoms with Gasteiger partial charge in [0.1, 0.15) is 5.82 Å². The predicted octanol–water partition coefficient (Wildman–Crippen LogP) is 2.80. The second-order valence-corrected chi connectivity index (χ2v) is 7.29. The summed E-state index contributed by atoms with van der Waals surface area (Å²) in [5.41, 5.74) is 2.86. The molecule has 130 valence electrons. The zero-order valence-corrected chi connectivity index (χ0v) is 14.5. The predicted molar refractivity (Wildman–Crippen MR) is 93.1 cm³/mol. The highest BCUT2D eigenvalue weighted by Crippen LogP contribution is 2.35. The van der Waals surface area contributed by atoms with E-state index in [1.165, 1.54) is 12.1 Å². The number of aromatic nitrogens is 2. The van der Waals surface area contributed by atoms with E-state index in [9.17, 15) is 8.60 Å². The standard InChI is InChI=1S/C17H16FN3O3S/c1-21(2)14-4-3-11(18)5-10(14)8-25(22)17-19-12-6-15-16(24-9-23-15)7-13(12)20-17/h3-7H,8-9H2,1-2H3,(H,19,20). The fraction of sp³-hybridized carbons (Fsp3) is 0.235. The largest absolute Gasteiger partial charge is 0.454 e. The van der Waals surface area contributed by atoms with Gasteiger partial charge in [0, 0.05) is 31.9 Å². The number of hydrogen-bond acceptors (Lipinski definition) is 5. The Bertz CT molecular complexity index is 946. The number of aromatic amines is 1. The van der Waals surface area contributed by atoms with Gasteiger partial charge >= 0.3 is 0 Å². The molecule has 0 spiro atoms. The number of rotatable bonds is 4. The van der Waals surface area contributed by atoms with Gasteiger partial charge in [0.05, 0.1) is 27.6 Å². The molecule has 0 bridgehead atoms. The van der Waals surface area contributed by atoms with E-state index >= 15 is 0 Å². The van der Waals surface area contributed by atoms with Gasteiger partial charge in [0.25, 0.3) is 0 Å². The number of hydrogen-bond donors (Lipinski definition) is 1. The van der Waals surface area contributed by atoms with E-state index in [-0.39, 0.29) is 18.4 Å². The third-order valence-electron chi connectivity index (χ3n) is 3.98. The summed E-state index contributed by atoms with van der Waals surface area (Å²) < 4.78 is 37.0. The second kappa shape index (κ2) is 6.03. The molecule has 0 aliphatic carbocycles. The molecule has 1 atom stereocenters. The molecule has 0 saturated carbocycles. The van der Waals surface area contributed by atoms with Crippen LogP contribution in [0.5, 0.6) is 11.5 Å². The maximum atomic E-state index is 13.6. The molecular weight excluding hydrogens is 345 g/mol. The monoisotopic (exact) mass is 361 g/mol. The van der Waals surface area contributed by atoms with Crippen molar-refractivity contribution < 1.29 is 18.1 Å². The third-order valence-corrected chi connectivity index (χ3v) is 5.18. The first kappa shape index (κ1) is 15.9. The first-order valence-electron chi connectivity index (χ1n) is 7.65. The molecule has 8 heteroatoms. The van der Waals surface area contributed by atoms with Crippen LogP contribution in [-0.4, -0.2) is 35.1 Å². The Hall–Kier alpha value is -2.61. The molecule has 4 rings (SSSR count). The van der Waals surface area contributed by atoms with Crippen LogP contribution in [0.25, 0.3) is 11.0 Å². The van der Waals surface area contributed by atoms with Crippen LogP contribution in [0.3, 0.4) is 0 Å². The lowest BCUT2D eigenvalue weighted by Gasteiger charge is -2.17. The highest BCUT2D eigenvalue weighted by atomic mass is 32.2. The van der Waals surface area contributed by atoms with E-state index in [0.717, 1.165) is 11.2 Å². The van der Waals surface area contributed by atoms with Gasteiger partial charge in [-0.1, -0.05) is 0 Å². The molecule has 1 aromatic heterocycles. The highest BCUT2D eigenvalue weighted by molar-refractivity contribution is 7.84. The molecule has 1 N–H and O–H groups in total. The molecule has 0 amide bonds. The Morgan fingerprint density at radius 2 is 2.00 bits per heavy atom. The quantitative estimate of drug-likeness (QED) is 0.774. The Morgan fingerprint density at radius 3 is 2.76 bits per heavy atom. The molecule has 25 heavy (non-hydrogen) atoms. The molecule has 1 unspecified atom stereocenters. The van der Waals surface area contributed by atoms with Gasteiger partial charge in [-0.15, -0.1) is 0 Å². The smallest absolute Gasteiger partial charge is 0.231 e. The number of nitrogens with one attached hydrogen (secondary N) is 1. The topological polar surface area (TPSA) is 67.5 Å². The van der Waals surface area contributed by atoms with Gasteiger partial charge in [-0.25, -0.2) is 9.37 Å². The van der Waals surface area contributed by atoms with E-state index in [1.54, 1.807) is 18.2 Å². The molecule has 0 radical (unpaired) electrons. The first-order valence-corrected chi connectivity index (χ1v) is 8.96. The summed E-state index contributed by atoms with van der Waals surface area (Å²) in [6.45, 7) is 0.188. The minimum Gasteiger partial charge on any atom is -0.454 e. The van der Waals surface area contributed by atoms with Crippen LogP contribution in [0.15, 0.2) is 35.5 Å². The lowest BCUT2D eigenvalue weighted by Crippen LogP contribution is -2.12. The molecule has 0 fully saturated rings. The Kier molecular flexibility index (Phi) is 3.84. The van der Waals surface area contributed by atoms with Gasteiger partial charge in [0.2, 0.25) is 6.79 Å². The first-order chi connectivity index (χ1) is 12.0. The minimum absolute atomic E-state index is 0.164. The lowest BCUT2D eigenvalue weighted by molar-refractivity contribution is 0.174. The summed E-state index contributed by atoms with van der Waals surface area (Å²) >= 11 is 0. The SMILES string of the molecule is CN(C)c1ccc(F)cc1CS(=O)c1nc2cc3c(cc2[nH]1)OCO3. The highest BCUT2D eigenvalue weighted by Gasteiger charge is 2.19. The van der Waals surface area contributed by atoms with Crippen LogP contribution in [0.1, 0.15) is 5.56 Å². The van der Waals surface area contributed by atoms with E-state index in [0.29, 0.717) is 27.7 Å². The Balaban J connectivity index is 1.66. The molecule has 1 aliphatic rings. The van der Waals surface area contributed by atoms with Crippen molar-refractivity contribution in [1.82, 2.24) is 9.97 Å². The summed E-state index contributed by atoms with van der Waals surface area (Å²) in [5, 5.41) is 0.340. The number of ether oxygens (including phenoxy) is 2. The number of fused-ring (bicyclic) bond motifs is 2. The molecule has 6 nitrogen and oxygen atoms in total. The average molecular weight is 361 g/mol. The number of benzene rings is 2. The number of anilines is 1. The van der Waals surface area contributed by atoms with Crippen molar-refractivity contribution in [1.29, 1.82) is 0 Å². The van der Waals surface area contributed by atoms with Gasteiger partial charge < -0.3 is 19.4 Å². The van der Waals surface area contributed by atoms with Crippen LogP contribution in [-0.2, 0) is 16.6 Å². The summed E-state index contributed by atoms with van der Waals surface area (Å²) in [6.07, 6.45) is 0. The summed E-state index contributed by atoms with van der Waals surface area (Å²) in [5.74, 6) is 1.07. The lowest BCUT2D eigenvalue weighted by atomic mass is 10.2. The maximum Gasteiger partial charge on any atom is 0.231 e. The second-order valence-electron chi connectivity index (χ2n) is 5.92. The zero-order chi connectivity index (χ0) is 17.6. The van der Waals surface area contributed by atoms with Gasteiger partial charge in [-0.05, 0) is 23.8 Å². The molecule has 3 aromatic rings. The average Bonchev–Trinajstić information content (AvgIpc) is 3.17. The van der Waals surface area contributed by atoms with E-state index in [2.05, 4.69) is 9.97 Å².